The van der Waals surface area contributed by atoms with E-state index in [0.29, 0.717) is 5.69 Å². The van der Waals surface area contributed by atoms with Crippen molar-refractivity contribution in [3.05, 3.63) is 36.0 Å². The Hall–Kier alpha value is -1.77. The molecule has 0 bridgehead atoms. The maximum atomic E-state index is 9.89. The molecule has 0 spiro atoms. The molecule has 3 heteroatoms. The minimum atomic E-state index is 0.256. The van der Waals surface area contributed by atoms with Crippen molar-refractivity contribution in [2.24, 2.45) is 0 Å². The van der Waals surface area contributed by atoms with Crippen LogP contribution in [0.1, 0.15) is 25.3 Å². The molecular weight excluding hydrogens is 212 g/mol. The van der Waals surface area contributed by atoms with Gasteiger partial charge in [0.15, 0.2) is 5.75 Å². The Balaban J connectivity index is 2.29. The average molecular weight is 230 g/mol. The first kappa shape index (κ1) is 11.7. The van der Waals surface area contributed by atoms with Crippen LogP contribution in [0.2, 0.25) is 0 Å². The third-order valence-corrected chi connectivity index (χ3v) is 2.77. The zero-order valence-corrected chi connectivity index (χ0v) is 10.3. The summed E-state index contributed by atoms with van der Waals surface area (Å²) in [5.74, 6) is 0.256. The van der Waals surface area contributed by atoms with Crippen molar-refractivity contribution in [1.82, 2.24) is 9.78 Å². The number of unbranched alkanes of at least 4 members (excludes halogenated alkanes) is 1. The highest BCUT2D eigenvalue weighted by atomic mass is 16.3. The number of aryl methyl sites for hydroxylation is 2. The van der Waals surface area contributed by atoms with Crippen LogP contribution in [-0.4, -0.2) is 14.9 Å². The molecular formula is C14H18N2O. The van der Waals surface area contributed by atoms with Gasteiger partial charge in [-0.1, -0.05) is 37.1 Å². The highest BCUT2D eigenvalue weighted by Gasteiger charge is 2.09. The zero-order chi connectivity index (χ0) is 12.3. The fourth-order valence-corrected chi connectivity index (χ4v) is 1.84. The Kier molecular flexibility index (Phi) is 3.47. The van der Waals surface area contributed by atoms with Gasteiger partial charge in [-0.15, -0.1) is 0 Å². The Morgan fingerprint density at radius 2 is 2.18 bits per heavy atom. The average Bonchev–Trinajstić information content (AvgIpc) is 2.68. The quantitative estimate of drug-likeness (QED) is 0.874. The molecule has 0 saturated carbocycles. The van der Waals surface area contributed by atoms with E-state index in [1.807, 2.05) is 35.9 Å². The minimum absolute atomic E-state index is 0.256. The van der Waals surface area contributed by atoms with Gasteiger partial charge < -0.3 is 5.11 Å². The summed E-state index contributed by atoms with van der Waals surface area (Å²) in [6.45, 7) is 5.04. The highest BCUT2D eigenvalue weighted by Crippen LogP contribution is 2.27. The summed E-state index contributed by atoms with van der Waals surface area (Å²) < 4.78 is 1.82. The predicted octanol–water partition coefficient (Wildman–Crippen LogP) is 3.36. The summed E-state index contributed by atoms with van der Waals surface area (Å²) in [5.41, 5.74) is 2.81. The van der Waals surface area contributed by atoms with Gasteiger partial charge in [-0.25, -0.2) is 0 Å². The second-order valence-electron chi connectivity index (χ2n) is 4.35. The van der Waals surface area contributed by atoms with Crippen LogP contribution in [0.25, 0.3) is 11.3 Å². The molecule has 1 N–H and O–H groups in total. The Bertz CT molecular complexity index is 503. The third-order valence-electron chi connectivity index (χ3n) is 2.77. The second kappa shape index (κ2) is 5.04. The molecule has 90 valence electrons. The van der Waals surface area contributed by atoms with Gasteiger partial charge in [0.2, 0.25) is 0 Å². The van der Waals surface area contributed by atoms with E-state index in [-0.39, 0.29) is 5.75 Å². The second-order valence-corrected chi connectivity index (χ2v) is 4.35. The number of nitrogens with zero attached hydrogens (tertiary/aromatic N) is 2. The maximum Gasteiger partial charge on any atom is 0.161 e. The standard InChI is InChI=1S/C14H18N2O/c1-3-4-8-16-10-13(17)14(15-16)12-7-5-6-11(2)9-12/h5-7,9-10,17H,3-4,8H2,1-2H3. The van der Waals surface area contributed by atoms with Crippen LogP contribution < -0.4 is 0 Å². The summed E-state index contributed by atoms with van der Waals surface area (Å²) in [6, 6.07) is 8.02. The van der Waals surface area contributed by atoms with Gasteiger partial charge in [0, 0.05) is 12.1 Å². The lowest BCUT2D eigenvalue weighted by Crippen LogP contribution is -1.97. The van der Waals surface area contributed by atoms with Gasteiger partial charge in [-0.05, 0) is 19.4 Å². The van der Waals surface area contributed by atoms with Gasteiger partial charge >= 0.3 is 0 Å². The minimum Gasteiger partial charge on any atom is -0.504 e. The molecule has 0 atom stereocenters. The Labute approximate surface area is 102 Å². The first-order chi connectivity index (χ1) is 8.20. The summed E-state index contributed by atoms with van der Waals surface area (Å²) in [6.07, 6.45) is 3.90. The third kappa shape index (κ3) is 2.67. The van der Waals surface area contributed by atoms with Crippen molar-refractivity contribution in [2.75, 3.05) is 0 Å². The molecule has 1 aromatic carbocycles. The number of rotatable bonds is 4. The molecule has 0 unspecified atom stereocenters. The first-order valence-corrected chi connectivity index (χ1v) is 6.04. The SMILES string of the molecule is CCCCn1cc(O)c(-c2cccc(C)c2)n1. The number of hydrogen-bond donors (Lipinski definition) is 1. The van der Waals surface area contributed by atoms with Gasteiger partial charge in [-0.2, -0.15) is 5.10 Å². The van der Waals surface area contributed by atoms with Crippen molar-refractivity contribution in [3.8, 4) is 17.0 Å². The van der Waals surface area contributed by atoms with Crippen molar-refractivity contribution < 1.29 is 5.11 Å². The van der Waals surface area contributed by atoms with Crippen LogP contribution in [-0.2, 0) is 6.54 Å². The summed E-state index contributed by atoms with van der Waals surface area (Å²) >= 11 is 0. The lowest BCUT2D eigenvalue weighted by Gasteiger charge is -2.00. The maximum absolute atomic E-state index is 9.89. The molecule has 0 saturated heterocycles. The number of aromatic hydroxyl groups is 1. The Morgan fingerprint density at radius 1 is 1.35 bits per heavy atom. The van der Waals surface area contributed by atoms with Gasteiger partial charge in [-0.3, -0.25) is 4.68 Å². The summed E-state index contributed by atoms with van der Waals surface area (Å²) in [4.78, 5) is 0. The van der Waals surface area contributed by atoms with Crippen molar-refractivity contribution in [2.45, 2.75) is 33.2 Å². The highest BCUT2D eigenvalue weighted by molar-refractivity contribution is 5.65. The predicted molar refractivity (Wildman–Crippen MR) is 69.0 cm³/mol. The molecule has 0 radical (unpaired) electrons. The van der Waals surface area contributed by atoms with Crippen LogP contribution in [0, 0.1) is 6.92 Å². The molecule has 1 aromatic heterocycles. The number of benzene rings is 1. The molecule has 2 aromatic rings. The summed E-state index contributed by atoms with van der Waals surface area (Å²) in [7, 11) is 0. The van der Waals surface area contributed by atoms with Crippen molar-refractivity contribution in [3.63, 3.8) is 0 Å². The molecule has 0 aliphatic heterocycles. The van der Waals surface area contributed by atoms with E-state index in [4.69, 9.17) is 0 Å². The van der Waals surface area contributed by atoms with E-state index < -0.39 is 0 Å². The van der Waals surface area contributed by atoms with E-state index >= 15 is 0 Å². The van der Waals surface area contributed by atoms with E-state index in [0.717, 1.165) is 24.9 Å². The monoisotopic (exact) mass is 230 g/mol. The fraction of sp³-hybridized carbons (Fsp3) is 0.357. The van der Waals surface area contributed by atoms with Crippen molar-refractivity contribution in [1.29, 1.82) is 0 Å². The van der Waals surface area contributed by atoms with E-state index in [1.54, 1.807) is 6.20 Å². The lowest BCUT2D eigenvalue weighted by molar-refractivity contribution is 0.474. The molecule has 3 nitrogen and oxygen atoms in total. The normalized spacial score (nSPS) is 10.7. The van der Waals surface area contributed by atoms with Gasteiger partial charge in [0.25, 0.3) is 0 Å². The van der Waals surface area contributed by atoms with Gasteiger partial charge in [0.05, 0.1) is 6.20 Å². The number of hydrogen-bond acceptors (Lipinski definition) is 2. The van der Waals surface area contributed by atoms with Crippen LogP contribution in [0.15, 0.2) is 30.5 Å². The topological polar surface area (TPSA) is 38.0 Å². The molecule has 0 aliphatic carbocycles. The number of aromatic nitrogens is 2. The molecule has 2 rings (SSSR count). The van der Waals surface area contributed by atoms with E-state index in [9.17, 15) is 5.11 Å². The van der Waals surface area contributed by atoms with Crippen LogP contribution in [0.3, 0.4) is 0 Å². The van der Waals surface area contributed by atoms with Crippen LogP contribution in [0.4, 0.5) is 0 Å². The van der Waals surface area contributed by atoms with E-state index in [2.05, 4.69) is 12.0 Å². The smallest absolute Gasteiger partial charge is 0.161 e. The fourth-order valence-electron chi connectivity index (χ4n) is 1.84. The molecule has 17 heavy (non-hydrogen) atoms. The molecule has 0 amide bonds. The molecule has 0 aliphatic rings. The summed E-state index contributed by atoms with van der Waals surface area (Å²) in [5, 5.41) is 14.3. The molecule has 0 fully saturated rings. The first-order valence-electron chi connectivity index (χ1n) is 6.04. The Morgan fingerprint density at radius 3 is 2.88 bits per heavy atom. The van der Waals surface area contributed by atoms with E-state index in [1.165, 1.54) is 5.56 Å². The lowest BCUT2D eigenvalue weighted by atomic mass is 10.1. The van der Waals surface area contributed by atoms with Crippen LogP contribution in [0.5, 0.6) is 5.75 Å². The largest absolute Gasteiger partial charge is 0.504 e. The molecule has 1 heterocycles. The van der Waals surface area contributed by atoms with Crippen LogP contribution >= 0.6 is 0 Å². The van der Waals surface area contributed by atoms with Crippen molar-refractivity contribution >= 4 is 0 Å². The zero-order valence-electron chi connectivity index (χ0n) is 10.3. The van der Waals surface area contributed by atoms with Gasteiger partial charge in [0.1, 0.15) is 5.69 Å².